The molecule has 0 amide bonds. The van der Waals surface area contributed by atoms with Crippen molar-refractivity contribution >= 4 is 5.97 Å². The van der Waals surface area contributed by atoms with Crippen LogP contribution < -0.4 is 0 Å². The summed E-state index contributed by atoms with van der Waals surface area (Å²) < 4.78 is 16.8. The summed E-state index contributed by atoms with van der Waals surface area (Å²) in [6.07, 6.45) is -0.770. The molecule has 5 aromatic rings. The molecule has 0 fully saturated rings. The van der Waals surface area contributed by atoms with Crippen molar-refractivity contribution in [2.75, 3.05) is 0 Å². The number of aryl methyl sites for hydroxylation is 2. The van der Waals surface area contributed by atoms with Gasteiger partial charge in [-0.2, -0.15) is 0 Å². The Hall–Kier alpha value is -4.45. The first-order chi connectivity index (χ1) is 16.6. The summed E-state index contributed by atoms with van der Waals surface area (Å²) in [7, 11) is 0. The van der Waals surface area contributed by atoms with Gasteiger partial charge in [-0.1, -0.05) is 100 Å². The lowest BCUT2D eigenvalue weighted by molar-refractivity contribution is 0.0354. The minimum absolute atomic E-state index is 0.0817. The molecular formula is C28H22N2O4. The molecule has 0 radical (unpaired) electrons. The molecule has 2 aromatic heterocycles. The first-order valence-corrected chi connectivity index (χ1v) is 10.9. The quantitative estimate of drug-likeness (QED) is 0.273. The lowest BCUT2D eigenvalue weighted by Crippen LogP contribution is -2.13. The van der Waals surface area contributed by atoms with Crippen molar-refractivity contribution in [1.29, 1.82) is 0 Å². The fraction of sp³-hybridized carbons (Fsp3) is 0.107. The van der Waals surface area contributed by atoms with Gasteiger partial charge in [0.2, 0.25) is 0 Å². The fourth-order valence-corrected chi connectivity index (χ4v) is 3.58. The average molecular weight is 450 g/mol. The highest BCUT2D eigenvalue weighted by atomic mass is 16.6. The first kappa shape index (κ1) is 21.4. The SMILES string of the molecule is Cc1ccc(-c2cc(C(OC(=O)c3cc(-c4ccccc4)on3)c3ccc(C)cc3)no2)cc1. The van der Waals surface area contributed by atoms with Crippen molar-refractivity contribution in [3.8, 4) is 22.6 Å². The molecule has 0 saturated carbocycles. The highest BCUT2D eigenvalue weighted by Crippen LogP contribution is 2.31. The van der Waals surface area contributed by atoms with Gasteiger partial charge in [-0.05, 0) is 19.4 Å². The summed E-state index contributed by atoms with van der Waals surface area (Å²) in [4.78, 5) is 13.0. The summed E-state index contributed by atoms with van der Waals surface area (Å²) >= 11 is 0. The Balaban J connectivity index is 1.44. The maximum absolute atomic E-state index is 13.0. The lowest BCUT2D eigenvalue weighted by atomic mass is 10.0. The molecule has 5 rings (SSSR count). The van der Waals surface area contributed by atoms with E-state index in [1.54, 1.807) is 12.1 Å². The molecular weight excluding hydrogens is 428 g/mol. The van der Waals surface area contributed by atoms with Crippen LogP contribution in [0.25, 0.3) is 22.6 Å². The van der Waals surface area contributed by atoms with Crippen LogP contribution in [0.5, 0.6) is 0 Å². The summed E-state index contributed by atoms with van der Waals surface area (Å²) in [6, 6.07) is 28.5. The van der Waals surface area contributed by atoms with Crippen LogP contribution in [0.1, 0.15) is 39.0 Å². The van der Waals surface area contributed by atoms with Gasteiger partial charge in [-0.15, -0.1) is 0 Å². The van der Waals surface area contributed by atoms with E-state index in [9.17, 15) is 4.79 Å². The Labute approximate surface area is 196 Å². The van der Waals surface area contributed by atoms with Crippen molar-refractivity contribution in [2.24, 2.45) is 0 Å². The van der Waals surface area contributed by atoms with E-state index in [4.69, 9.17) is 13.8 Å². The molecule has 0 aliphatic heterocycles. The van der Waals surface area contributed by atoms with Gasteiger partial charge < -0.3 is 13.8 Å². The number of carbonyl (C=O) groups is 1. The van der Waals surface area contributed by atoms with E-state index in [1.807, 2.05) is 92.7 Å². The normalized spacial score (nSPS) is 11.8. The average Bonchev–Trinajstić information content (AvgIpc) is 3.55. The van der Waals surface area contributed by atoms with Crippen LogP contribution in [0, 0.1) is 13.8 Å². The maximum Gasteiger partial charge on any atom is 0.361 e. The van der Waals surface area contributed by atoms with E-state index >= 15 is 0 Å². The molecule has 3 aromatic carbocycles. The number of rotatable bonds is 6. The number of carbonyl (C=O) groups excluding carboxylic acids is 1. The van der Waals surface area contributed by atoms with Gasteiger partial charge in [0, 0.05) is 23.3 Å². The van der Waals surface area contributed by atoms with Crippen LogP contribution in [0.15, 0.2) is 100 Å². The Morgan fingerprint density at radius 2 is 1.32 bits per heavy atom. The van der Waals surface area contributed by atoms with Crippen LogP contribution in [0.3, 0.4) is 0 Å². The maximum atomic E-state index is 13.0. The molecule has 1 atom stereocenters. The third-order valence-corrected chi connectivity index (χ3v) is 5.52. The van der Waals surface area contributed by atoms with Gasteiger partial charge in [-0.25, -0.2) is 4.79 Å². The van der Waals surface area contributed by atoms with E-state index in [1.165, 1.54) is 0 Å². The molecule has 1 unspecified atom stereocenters. The minimum Gasteiger partial charge on any atom is -0.446 e. The first-order valence-electron chi connectivity index (χ1n) is 10.9. The van der Waals surface area contributed by atoms with Crippen LogP contribution >= 0.6 is 0 Å². The zero-order valence-corrected chi connectivity index (χ0v) is 18.8. The number of nitrogens with zero attached hydrogens (tertiary/aromatic N) is 2. The van der Waals surface area contributed by atoms with Gasteiger partial charge in [-0.3, -0.25) is 0 Å². The van der Waals surface area contributed by atoms with E-state index in [-0.39, 0.29) is 5.69 Å². The molecule has 0 saturated heterocycles. The molecule has 0 spiro atoms. The van der Waals surface area contributed by atoms with E-state index in [0.717, 1.165) is 27.8 Å². The monoisotopic (exact) mass is 450 g/mol. The summed E-state index contributed by atoms with van der Waals surface area (Å²) in [6.45, 7) is 4.02. The predicted octanol–water partition coefficient (Wildman–Crippen LogP) is 6.56. The topological polar surface area (TPSA) is 78.4 Å². The third kappa shape index (κ3) is 4.52. The van der Waals surface area contributed by atoms with Crippen molar-refractivity contribution in [3.63, 3.8) is 0 Å². The number of ether oxygens (including phenoxy) is 1. The fourth-order valence-electron chi connectivity index (χ4n) is 3.58. The van der Waals surface area contributed by atoms with Crippen molar-refractivity contribution in [1.82, 2.24) is 10.3 Å². The Morgan fingerprint density at radius 3 is 2.03 bits per heavy atom. The second-order valence-corrected chi connectivity index (χ2v) is 8.12. The minimum atomic E-state index is -0.770. The predicted molar refractivity (Wildman–Crippen MR) is 127 cm³/mol. The van der Waals surface area contributed by atoms with E-state index in [0.29, 0.717) is 17.2 Å². The summed E-state index contributed by atoms with van der Waals surface area (Å²) in [5.41, 5.74) is 5.30. The molecule has 34 heavy (non-hydrogen) atoms. The van der Waals surface area contributed by atoms with E-state index in [2.05, 4.69) is 10.3 Å². The standard InChI is InChI=1S/C28H22N2O4/c1-18-8-12-21(13-9-18)25-16-23(29-33-25)27(22-14-10-19(2)11-15-22)32-28(31)24-17-26(34-30-24)20-6-4-3-5-7-20/h3-17,27H,1-2H3. The second kappa shape index (κ2) is 9.19. The highest BCUT2D eigenvalue weighted by molar-refractivity contribution is 5.88. The summed E-state index contributed by atoms with van der Waals surface area (Å²) in [5, 5.41) is 8.13. The van der Waals surface area contributed by atoms with Crippen LogP contribution in [-0.2, 0) is 4.74 Å². The van der Waals surface area contributed by atoms with Crippen LogP contribution in [0.4, 0.5) is 0 Å². The molecule has 6 heteroatoms. The molecule has 0 bridgehead atoms. The zero-order valence-electron chi connectivity index (χ0n) is 18.8. The second-order valence-electron chi connectivity index (χ2n) is 8.12. The van der Waals surface area contributed by atoms with E-state index < -0.39 is 12.1 Å². The number of benzene rings is 3. The highest BCUT2D eigenvalue weighted by Gasteiger charge is 2.26. The molecule has 2 heterocycles. The number of esters is 1. The van der Waals surface area contributed by atoms with Gasteiger partial charge in [0.05, 0.1) is 0 Å². The smallest absolute Gasteiger partial charge is 0.361 e. The van der Waals surface area contributed by atoms with Gasteiger partial charge in [0.1, 0.15) is 5.69 Å². The summed E-state index contributed by atoms with van der Waals surface area (Å²) in [5.74, 6) is 0.467. The van der Waals surface area contributed by atoms with Crippen molar-refractivity contribution in [3.05, 3.63) is 119 Å². The third-order valence-electron chi connectivity index (χ3n) is 5.52. The van der Waals surface area contributed by atoms with Gasteiger partial charge in [0.25, 0.3) is 0 Å². The zero-order chi connectivity index (χ0) is 23.5. The molecule has 0 aliphatic rings. The van der Waals surface area contributed by atoms with Crippen LogP contribution in [0.2, 0.25) is 0 Å². The molecule has 0 aliphatic carbocycles. The van der Waals surface area contributed by atoms with Gasteiger partial charge >= 0.3 is 5.97 Å². The Kier molecular flexibility index (Phi) is 5.79. The van der Waals surface area contributed by atoms with Crippen molar-refractivity contribution in [2.45, 2.75) is 20.0 Å². The molecule has 0 N–H and O–H groups in total. The van der Waals surface area contributed by atoms with Crippen LogP contribution in [-0.4, -0.2) is 16.3 Å². The Bertz CT molecular complexity index is 1400. The number of hydrogen-bond acceptors (Lipinski definition) is 6. The number of aromatic nitrogens is 2. The lowest BCUT2D eigenvalue weighted by Gasteiger charge is -2.15. The Morgan fingerprint density at radius 1 is 0.735 bits per heavy atom. The number of hydrogen-bond donors (Lipinski definition) is 0. The van der Waals surface area contributed by atoms with Crippen molar-refractivity contribution < 1.29 is 18.6 Å². The molecule has 168 valence electrons. The molecule has 6 nitrogen and oxygen atoms in total. The largest absolute Gasteiger partial charge is 0.446 e. The van der Waals surface area contributed by atoms with Gasteiger partial charge in [0.15, 0.2) is 23.3 Å².